The molecule has 154 valence electrons. The van der Waals surface area contributed by atoms with E-state index in [0.717, 1.165) is 49.0 Å². The average molecular weight is 385 g/mol. The molecule has 0 aliphatic heterocycles. The molecule has 1 aromatic carbocycles. The van der Waals surface area contributed by atoms with Crippen LogP contribution in [0.15, 0.2) is 36.7 Å². The van der Waals surface area contributed by atoms with E-state index < -0.39 is 0 Å². The third-order valence-electron chi connectivity index (χ3n) is 5.06. The fraction of sp³-hybridized carbons (Fsp3) is 0.583. The minimum Gasteiger partial charge on any atom is -0.494 e. The number of benzene rings is 1. The Labute approximate surface area is 170 Å². The Morgan fingerprint density at radius 2 is 1.43 bits per heavy atom. The van der Waals surface area contributed by atoms with Crippen LogP contribution >= 0.6 is 0 Å². The zero-order valence-electron chi connectivity index (χ0n) is 17.8. The summed E-state index contributed by atoms with van der Waals surface area (Å²) in [5.41, 5.74) is 0.985. The number of rotatable bonds is 14. The molecule has 0 N–H and O–H groups in total. The van der Waals surface area contributed by atoms with Crippen molar-refractivity contribution in [2.45, 2.75) is 72.1 Å². The van der Waals surface area contributed by atoms with Gasteiger partial charge in [-0.05, 0) is 49.4 Å². The molecule has 0 radical (unpaired) electrons. The van der Waals surface area contributed by atoms with Crippen LogP contribution in [0.2, 0.25) is 0 Å². The van der Waals surface area contributed by atoms with Crippen LogP contribution in [0.1, 0.15) is 72.1 Å². The molecule has 0 fully saturated rings. The van der Waals surface area contributed by atoms with Crippen molar-refractivity contribution in [2.24, 2.45) is 5.92 Å². The van der Waals surface area contributed by atoms with Gasteiger partial charge in [-0.15, -0.1) is 0 Å². The van der Waals surface area contributed by atoms with E-state index in [1.165, 1.54) is 38.5 Å². The molecule has 1 aromatic heterocycles. The topological polar surface area (TPSA) is 44.2 Å². The van der Waals surface area contributed by atoms with Gasteiger partial charge in [-0.2, -0.15) is 0 Å². The number of hydrogen-bond donors (Lipinski definition) is 0. The van der Waals surface area contributed by atoms with E-state index in [0.29, 0.717) is 5.82 Å². The molecule has 4 nitrogen and oxygen atoms in total. The first kappa shape index (κ1) is 22.2. The van der Waals surface area contributed by atoms with Crippen molar-refractivity contribution in [1.29, 1.82) is 0 Å². The molecule has 28 heavy (non-hydrogen) atoms. The molecule has 0 bridgehead atoms. The Kier molecular flexibility index (Phi) is 10.4. The molecule has 2 rings (SSSR count). The molecule has 1 heterocycles. The Morgan fingerprint density at radius 1 is 0.786 bits per heavy atom. The van der Waals surface area contributed by atoms with Crippen LogP contribution in [0, 0.1) is 5.92 Å². The monoisotopic (exact) mass is 384 g/mol. The zero-order chi connectivity index (χ0) is 20.0. The zero-order valence-corrected chi connectivity index (χ0v) is 17.8. The van der Waals surface area contributed by atoms with Gasteiger partial charge in [-0.25, -0.2) is 9.97 Å². The van der Waals surface area contributed by atoms with E-state index >= 15 is 0 Å². The first-order chi connectivity index (χ1) is 13.7. The van der Waals surface area contributed by atoms with Gasteiger partial charge in [0.1, 0.15) is 5.75 Å². The van der Waals surface area contributed by atoms with Crippen LogP contribution in [0.25, 0.3) is 11.4 Å². The lowest BCUT2D eigenvalue weighted by molar-refractivity contribution is 0.292. The summed E-state index contributed by atoms with van der Waals surface area (Å²) in [5, 5.41) is 0. The van der Waals surface area contributed by atoms with E-state index in [9.17, 15) is 0 Å². The van der Waals surface area contributed by atoms with Gasteiger partial charge in [0.2, 0.25) is 0 Å². The number of nitrogens with zero attached hydrogens (tertiary/aromatic N) is 2. The summed E-state index contributed by atoms with van der Waals surface area (Å²) < 4.78 is 11.6. The first-order valence-corrected chi connectivity index (χ1v) is 10.9. The second-order valence-electron chi connectivity index (χ2n) is 7.53. The van der Waals surface area contributed by atoms with Gasteiger partial charge in [0.15, 0.2) is 11.6 Å². The molecule has 0 aliphatic rings. The van der Waals surface area contributed by atoms with Crippen LogP contribution in [-0.4, -0.2) is 23.2 Å². The fourth-order valence-corrected chi connectivity index (χ4v) is 2.96. The molecule has 1 atom stereocenters. The van der Waals surface area contributed by atoms with Gasteiger partial charge in [0.25, 0.3) is 0 Å². The summed E-state index contributed by atoms with van der Waals surface area (Å²) in [6, 6.07) is 8.00. The molecule has 0 spiro atoms. The molecule has 0 saturated heterocycles. The highest BCUT2D eigenvalue weighted by Gasteiger charge is 2.04. The summed E-state index contributed by atoms with van der Waals surface area (Å²) in [4.78, 5) is 8.87. The largest absolute Gasteiger partial charge is 0.494 e. The highest BCUT2D eigenvalue weighted by Crippen LogP contribution is 2.21. The van der Waals surface area contributed by atoms with Crippen molar-refractivity contribution in [3.63, 3.8) is 0 Å². The van der Waals surface area contributed by atoms with Crippen LogP contribution in [0.5, 0.6) is 11.5 Å². The number of ether oxygens (including phenoxy) is 2. The van der Waals surface area contributed by atoms with Crippen LogP contribution < -0.4 is 9.47 Å². The highest BCUT2D eigenvalue weighted by atomic mass is 16.5. The van der Waals surface area contributed by atoms with Gasteiger partial charge in [-0.3, -0.25) is 0 Å². The molecular weight excluding hydrogens is 348 g/mol. The Morgan fingerprint density at radius 3 is 2.11 bits per heavy atom. The minimum absolute atomic E-state index is 0.707. The van der Waals surface area contributed by atoms with E-state index in [-0.39, 0.29) is 0 Å². The molecular formula is C24H36N2O2. The van der Waals surface area contributed by atoms with Crippen molar-refractivity contribution in [2.75, 3.05) is 13.2 Å². The highest BCUT2D eigenvalue weighted by molar-refractivity contribution is 5.56. The Hall–Kier alpha value is -2.10. The first-order valence-electron chi connectivity index (χ1n) is 10.9. The smallest absolute Gasteiger partial charge is 0.159 e. The van der Waals surface area contributed by atoms with Crippen molar-refractivity contribution >= 4 is 0 Å². The maximum absolute atomic E-state index is 5.82. The molecule has 0 amide bonds. The maximum Gasteiger partial charge on any atom is 0.159 e. The summed E-state index contributed by atoms with van der Waals surface area (Å²) in [6.07, 6.45) is 13.2. The van der Waals surface area contributed by atoms with Crippen molar-refractivity contribution in [3.8, 4) is 22.9 Å². The maximum atomic E-state index is 5.82. The summed E-state index contributed by atoms with van der Waals surface area (Å²) in [6.45, 7) is 8.24. The number of hydrogen-bond acceptors (Lipinski definition) is 4. The normalized spacial score (nSPS) is 12.0. The molecule has 2 aromatic rings. The molecule has 1 unspecified atom stereocenters. The second-order valence-corrected chi connectivity index (χ2v) is 7.53. The lowest BCUT2D eigenvalue weighted by Crippen LogP contribution is -2.02. The van der Waals surface area contributed by atoms with Crippen LogP contribution in [-0.2, 0) is 0 Å². The lowest BCUT2D eigenvalue weighted by atomic mass is 10.0. The van der Waals surface area contributed by atoms with Gasteiger partial charge in [0, 0.05) is 5.56 Å². The number of aromatic nitrogens is 2. The lowest BCUT2D eigenvalue weighted by Gasteiger charge is -2.09. The molecule has 0 saturated carbocycles. The SMILES string of the molecule is CCCCCCCOc1ccc(-c2ncc(OCCCC(C)CC)cn2)cc1. The van der Waals surface area contributed by atoms with Gasteiger partial charge < -0.3 is 9.47 Å². The third-order valence-corrected chi connectivity index (χ3v) is 5.06. The molecule has 0 aliphatic carbocycles. The van der Waals surface area contributed by atoms with Gasteiger partial charge >= 0.3 is 0 Å². The van der Waals surface area contributed by atoms with Gasteiger partial charge in [0.05, 0.1) is 25.6 Å². The van der Waals surface area contributed by atoms with Crippen molar-refractivity contribution in [1.82, 2.24) is 9.97 Å². The Balaban J connectivity index is 1.74. The van der Waals surface area contributed by atoms with Crippen molar-refractivity contribution < 1.29 is 9.47 Å². The minimum atomic E-state index is 0.707. The predicted octanol–water partition coefficient (Wildman–Crippen LogP) is 6.70. The average Bonchev–Trinajstić information content (AvgIpc) is 2.74. The fourth-order valence-electron chi connectivity index (χ4n) is 2.96. The van der Waals surface area contributed by atoms with E-state index in [1.54, 1.807) is 12.4 Å². The van der Waals surface area contributed by atoms with Gasteiger partial charge in [-0.1, -0.05) is 52.9 Å². The van der Waals surface area contributed by atoms with Crippen LogP contribution in [0.3, 0.4) is 0 Å². The van der Waals surface area contributed by atoms with Crippen LogP contribution in [0.4, 0.5) is 0 Å². The Bertz CT molecular complexity index is 641. The second kappa shape index (κ2) is 13.1. The van der Waals surface area contributed by atoms with E-state index in [1.807, 2.05) is 24.3 Å². The molecule has 4 heteroatoms. The predicted molar refractivity (Wildman–Crippen MR) is 116 cm³/mol. The van der Waals surface area contributed by atoms with E-state index in [4.69, 9.17) is 9.47 Å². The third kappa shape index (κ3) is 8.28. The van der Waals surface area contributed by atoms with E-state index in [2.05, 4.69) is 30.7 Å². The summed E-state index contributed by atoms with van der Waals surface area (Å²) in [7, 11) is 0. The quantitative estimate of drug-likeness (QED) is 0.340. The summed E-state index contributed by atoms with van der Waals surface area (Å²) >= 11 is 0. The number of unbranched alkanes of at least 4 members (excludes halogenated alkanes) is 4. The standard InChI is InChI=1S/C24H36N2O2/c1-4-6-7-8-9-16-27-22-14-12-21(13-15-22)24-25-18-23(19-26-24)28-17-10-11-20(3)5-2/h12-15,18-20H,4-11,16-17H2,1-3H3. The van der Waals surface area contributed by atoms with Crippen molar-refractivity contribution in [3.05, 3.63) is 36.7 Å². The summed E-state index contributed by atoms with van der Waals surface area (Å²) in [5.74, 6) is 3.10.